The lowest BCUT2D eigenvalue weighted by atomic mass is 9.88. The maximum Gasteiger partial charge on any atom is 0.0191 e. The Morgan fingerprint density at radius 2 is 2.00 bits per heavy atom. The second-order valence-corrected chi connectivity index (χ2v) is 6.36. The molecule has 0 bridgehead atoms. The van der Waals surface area contributed by atoms with Crippen molar-refractivity contribution in [2.45, 2.75) is 44.8 Å². The van der Waals surface area contributed by atoms with Crippen molar-refractivity contribution >= 4 is 11.8 Å². The minimum Gasteiger partial charge on any atom is -0.155 e. The summed E-state index contributed by atoms with van der Waals surface area (Å²) in [6.45, 7) is 7.37. The lowest BCUT2D eigenvalue weighted by molar-refractivity contribution is 0.354. The Hall–Kier alpha value is 0.350. The molecular formula is C11H20S. The van der Waals surface area contributed by atoms with E-state index in [9.17, 15) is 0 Å². The van der Waals surface area contributed by atoms with Gasteiger partial charge in [0.25, 0.3) is 0 Å². The van der Waals surface area contributed by atoms with Crippen LogP contribution in [0.1, 0.15) is 40.0 Å². The van der Waals surface area contributed by atoms with E-state index in [1.165, 1.54) is 25.0 Å². The van der Waals surface area contributed by atoms with Crippen LogP contribution in [0.15, 0.2) is 0 Å². The highest BCUT2D eigenvalue weighted by molar-refractivity contribution is 8.00. The first-order valence-corrected chi connectivity index (χ1v) is 6.28. The Morgan fingerprint density at radius 3 is 2.42 bits per heavy atom. The summed E-state index contributed by atoms with van der Waals surface area (Å²) in [5.41, 5.74) is 0. The zero-order valence-corrected chi connectivity index (χ0v) is 9.29. The molecular weight excluding hydrogens is 164 g/mol. The number of hydrogen-bond acceptors (Lipinski definition) is 1. The average molecular weight is 184 g/mol. The molecule has 2 fully saturated rings. The second kappa shape index (κ2) is 2.94. The molecule has 0 radical (unpaired) electrons. The first-order chi connectivity index (χ1) is 5.66. The van der Waals surface area contributed by atoms with Crippen molar-refractivity contribution in [3.05, 3.63) is 0 Å². The van der Waals surface area contributed by atoms with Gasteiger partial charge < -0.3 is 0 Å². The Morgan fingerprint density at radius 1 is 1.25 bits per heavy atom. The van der Waals surface area contributed by atoms with E-state index < -0.39 is 0 Å². The van der Waals surface area contributed by atoms with Crippen LogP contribution in [0.3, 0.4) is 0 Å². The summed E-state index contributed by atoms with van der Waals surface area (Å²) in [5.74, 6) is 4.30. The predicted octanol–water partition coefficient (Wildman–Crippen LogP) is 3.56. The fourth-order valence-corrected chi connectivity index (χ4v) is 4.97. The van der Waals surface area contributed by atoms with Crippen LogP contribution in [0.4, 0.5) is 0 Å². The average Bonchev–Trinajstić information content (AvgIpc) is 2.57. The molecule has 1 heteroatoms. The molecule has 2 aliphatic rings. The first kappa shape index (κ1) is 8.93. The van der Waals surface area contributed by atoms with E-state index in [-0.39, 0.29) is 0 Å². The van der Waals surface area contributed by atoms with Crippen LogP contribution in [0.5, 0.6) is 0 Å². The van der Waals surface area contributed by atoms with Crippen LogP contribution in [0.2, 0.25) is 0 Å². The molecule has 1 saturated carbocycles. The lowest BCUT2D eigenvalue weighted by Gasteiger charge is -2.28. The van der Waals surface area contributed by atoms with Gasteiger partial charge in [-0.1, -0.05) is 20.8 Å². The summed E-state index contributed by atoms with van der Waals surface area (Å²) in [5, 5.41) is 0. The van der Waals surface area contributed by atoms with E-state index in [2.05, 4.69) is 32.5 Å². The topological polar surface area (TPSA) is 0 Å². The van der Waals surface area contributed by atoms with Crippen molar-refractivity contribution < 1.29 is 0 Å². The largest absolute Gasteiger partial charge is 0.155 e. The summed E-state index contributed by atoms with van der Waals surface area (Å²) < 4.78 is 0.707. The van der Waals surface area contributed by atoms with Gasteiger partial charge in [-0.2, -0.15) is 11.8 Å². The molecule has 1 aliphatic carbocycles. The monoisotopic (exact) mass is 184 g/mol. The summed E-state index contributed by atoms with van der Waals surface area (Å²) in [6, 6.07) is 0. The Bertz CT molecular complexity index is 170. The fourth-order valence-electron chi connectivity index (χ4n) is 3.13. The molecule has 1 heterocycles. The molecule has 0 amide bonds. The van der Waals surface area contributed by atoms with Gasteiger partial charge in [0.2, 0.25) is 0 Å². The summed E-state index contributed by atoms with van der Waals surface area (Å²) in [7, 11) is 0. The molecule has 2 rings (SSSR count). The lowest BCUT2D eigenvalue weighted by Crippen LogP contribution is -2.26. The quantitative estimate of drug-likeness (QED) is 0.554. The van der Waals surface area contributed by atoms with E-state index in [0.717, 1.165) is 17.8 Å². The van der Waals surface area contributed by atoms with Gasteiger partial charge >= 0.3 is 0 Å². The standard InChI is InChI=1S/C11H20S/c1-8-7-11(5-4-6-12-11)10(3)9(8)2/h8-10H,4-7H2,1-3H3. The van der Waals surface area contributed by atoms with E-state index in [0.29, 0.717) is 4.75 Å². The van der Waals surface area contributed by atoms with Crippen LogP contribution in [-0.2, 0) is 0 Å². The van der Waals surface area contributed by atoms with Gasteiger partial charge in [0.15, 0.2) is 0 Å². The molecule has 0 aromatic heterocycles. The van der Waals surface area contributed by atoms with E-state index in [4.69, 9.17) is 0 Å². The van der Waals surface area contributed by atoms with Crippen molar-refractivity contribution in [2.24, 2.45) is 17.8 Å². The van der Waals surface area contributed by atoms with Crippen LogP contribution >= 0.6 is 11.8 Å². The predicted molar refractivity (Wildman–Crippen MR) is 56.5 cm³/mol. The molecule has 70 valence electrons. The highest BCUT2D eigenvalue weighted by Crippen LogP contribution is 2.57. The third-order valence-electron chi connectivity index (χ3n) is 4.32. The van der Waals surface area contributed by atoms with Gasteiger partial charge in [0, 0.05) is 4.75 Å². The molecule has 1 aliphatic heterocycles. The molecule has 4 unspecified atom stereocenters. The second-order valence-electron chi connectivity index (χ2n) is 4.85. The van der Waals surface area contributed by atoms with Crippen molar-refractivity contribution in [3.63, 3.8) is 0 Å². The third-order valence-corrected chi connectivity index (χ3v) is 6.13. The smallest absolute Gasteiger partial charge is 0.0191 e. The number of hydrogen-bond donors (Lipinski definition) is 0. The van der Waals surface area contributed by atoms with Gasteiger partial charge in [-0.3, -0.25) is 0 Å². The van der Waals surface area contributed by atoms with Crippen molar-refractivity contribution in [3.8, 4) is 0 Å². The van der Waals surface area contributed by atoms with Gasteiger partial charge in [0.1, 0.15) is 0 Å². The van der Waals surface area contributed by atoms with Crippen LogP contribution in [-0.4, -0.2) is 10.5 Å². The van der Waals surface area contributed by atoms with Crippen molar-refractivity contribution in [2.75, 3.05) is 5.75 Å². The highest BCUT2D eigenvalue weighted by atomic mass is 32.2. The Balaban J connectivity index is 2.17. The van der Waals surface area contributed by atoms with Gasteiger partial charge in [-0.05, 0) is 42.8 Å². The minimum absolute atomic E-state index is 0.707. The van der Waals surface area contributed by atoms with Crippen molar-refractivity contribution in [1.82, 2.24) is 0 Å². The first-order valence-electron chi connectivity index (χ1n) is 5.30. The molecule has 12 heavy (non-hydrogen) atoms. The van der Waals surface area contributed by atoms with Crippen LogP contribution in [0, 0.1) is 17.8 Å². The zero-order valence-electron chi connectivity index (χ0n) is 8.47. The van der Waals surface area contributed by atoms with E-state index >= 15 is 0 Å². The molecule has 1 spiro atoms. The van der Waals surface area contributed by atoms with Crippen LogP contribution in [0.25, 0.3) is 0 Å². The Labute approximate surface area is 80.5 Å². The molecule has 0 aromatic carbocycles. The minimum atomic E-state index is 0.707. The molecule has 1 saturated heterocycles. The van der Waals surface area contributed by atoms with Crippen LogP contribution < -0.4 is 0 Å². The van der Waals surface area contributed by atoms with Gasteiger partial charge in [-0.25, -0.2) is 0 Å². The summed E-state index contributed by atoms with van der Waals surface area (Å²) in [6.07, 6.45) is 4.45. The third kappa shape index (κ3) is 1.13. The maximum absolute atomic E-state index is 2.48. The van der Waals surface area contributed by atoms with Gasteiger partial charge in [0.05, 0.1) is 0 Å². The summed E-state index contributed by atoms with van der Waals surface area (Å²) >= 11 is 2.27. The molecule has 0 aromatic rings. The van der Waals surface area contributed by atoms with E-state index in [1.54, 1.807) is 0 Å². The SMILES string of the molecule is CC1CC2(CCCS2)C(C)C1C. The number of rotatable bonds is 0. The maximum atomic E-state index is 2.48. The number of thioether (sulfide) groups is 1. The normalized spacial score (nSPS) is 53.8. The zero-order chi connectivity index (χ0) is 8.77. The van der Waals surface area contributed by atoms with E-state index in [1.807, 2.05) is 0 Å². The molecule has 0 nitrogen and oxygen atoms in total. The summed E-state index contributed by atoms with van der Waals surface area (Å²) in [4.78, 5) is 0. The van der Waals surface area contributed by atoms with Crippen molar-refractivity contribution in [1.29, 1.82) is 0 Å². The molecule has 4 atom stereocenters. The fraction of sp³-hybridized carbons (Fsp3) is 1.00. The van der Waals surface area contributed by atoms with Gasteiger partial charge in [-0.15, -0.1) is 0 Å². The molecule has 0 N–H and O–H groups in total. The highest BCUT2D eigenvalue weighted by Gasteiger charge is 2.49. The Kier molecular flexibility index (Phi) is 2.18.